The predicted molar refractivity (Wildman–Crippen MR) is 53.6 cm³/mol. The highest BCUT2D eigenvalue weighted by molar-refractivity contribution is 5.37. The Balaban J connectivity index is 2.65. The van der Waals surface area contributed by atoms with Gasteiger partial charge in [0, 0.05) is 6.54 Å². The van der Waals surface area contributed by atoms with Gasteiger partial charge in [-0.05, 0) is 12.1 Å². The molecule has 2 aromatic rings. The zero-order valence-corrected chi connectivity index (χ0v) is 9.87. The van der Waals surface area contributed by atoms with Crippen LogP contribution in [0.2, 0.25) is 0 Å². The van der Waals surface area contributed by atoms with Crippen LogP contribution in [0.15, 0.2) is 12.1 Å². The van der Waals surface area contributed by atoms with Crippen LogP contribution >= 0.6 is 0 Å². The molecule has 0 saturated heterocycles. The van der Waals surface area contributed by atoms with Crippen molar-refractivity contribution in [2.75, 3.05) is 0 Å². The highest BCUT2D eigenvalue weighted by Crippen LogP contribution is 2.51. The molecule has 0 aromatic carbocycles. The molecular formula is C9H6F7N5. The van der Waals surface area contributed by atoms with Crippen LogP contribution in [0.5, 0.6) is 0 Å². The lowest BCUT2D eigenvalue weighted by molar-refractivity contribution is -0.361. The molecule has 0 saturated carbocycles. The molecule has 116 valence electrons. The Hall–Kier alpha value is -1.98. The van der Waals surface area contributed by atoms with Gasteiger partial charge < -0.3 is 5.73 Å². The first-order valence-corrected chi connectivity index (χ1v) is 5.26. The van der Waals surface area contributed by atoms with Crippen molar-refractivity contribution < 1.29 is 30.7 Å². The molecule has 0 amide bonds. The second kappa shape index (κ2) is 4.51. The number of nitrogens with zero attached hydrogens (tertiary/aromatic N) is 4. The van der Waals surface area contributed by atoms with E-state index in [-0.39, 0.29) is 16.8 Å². The van der Waals surface area contributed by atoms with Crippen LogP contribution in [0.1, 0.15) is 11.5 Å². The van der Waals surface area contributed by atoms with Gasteiger partial charge in [-0.3, -0.25) is 0 Å². The van der Waals surface area contributed by atoms with Crippen LogP contribution in [0.3, 0.4) is 0 Å². The molecule has 5 nitrogen and oxygen atoms in total. The highest BCUT2D eigenvalue weighted by Gasteiger charge is 2.75. The highest BCUT2D eigenvalue weighted by atomic mass is 19.4. The molecule has 0 aliphatic heterocycles. The average Bonchev–Trinajstić information content (AvgIpc) is 2.80. The quantitative estimate of drug-likeness (QED) is 0.878. The molecule has 2 aromatic heterocycles. The molecule has 0 radical (unpaired) electrons. The molecule has 0 aliphatic carbocycles. The third kappa shape index (κ3) is 2.18. The zero-order valence-electron chi connectivity index (χ0n) is 9.87. The monoisotopic (exact) mass is 317 g/mol. The molecule has 0 bridgehead atoms. The first-order valence-electron chi connectivity index (χ1n) is 5.26. The summed E-state index contributed by atoms with van der Waals surface area (Å²) in [4.78, 5) is 0. The lowest BCUT2D eigenvalue weighted by Crippen LogP contribution is -2.51. The number of hydrogen-bond acceptors (Lipinski definition) is 4. The van der Waals surface area contributed by atoms with Gasteiger partial charge in [0.25, 0.3) is 0 Å². The average molecular weight is 317 g/mol. The van der Waals surface area contributed by atoms with Crippen molar-refractivity contribution >= 4 is 5.65 Å². The summed E-state index contributed by atoms with van der Waals surface area (Å²) in [5, 5.41) is 9.19. The number of aromatic nitrogens is 4. The largest absolute Gasteiger partial charge is 0.460 e. The second-order valence-electron chi connectivity index (χ2n) is 3.97. The van der Waals surface area contributed by atoms with Crippen molar-refractivity contribution in [1.29, 1.82) is 0 Å². The minimum Gasteiger partial charge on any atom is -0.325 e. The SMILES string of the molecule is NCc1ccc2nnc(C(F)(F)C(F)(F)C(F)(F)F)n2n1. The van der Waals surface area contributed by atoms with Gasteiger partial charge in [0.1, 0.15) is 0 Å². The number of alkyl halides is 7. The van der Waals surface area contributed by atoms with E-state index in [2.05, 4.69) is 15.3 Å². The Morgan fingerprint density at radius 2 is 1.62 bits per heavy atom. The van der Waals surface area contributed by atoms with E-state index in [1.165, 1.54) is 6.07 Å². The Labute approximate surface area is 111 Å². The van der Waals surface area contributed by atoms with E-state index in [1.54, 1.807) is 0 Å². The molecule has 0 atom stereocenters. The van der Waals surface area contributed by atoms with E-state index < -0.39 is 29.5 Å². The van der Waals surface area contributed by atoms with Gasteiger partial charge in [-0.1, -0.05) is 0 Å². The van der Waals surface area contributed by atoms with Crippen molar-refractivity contribution in [2.24, 2.45) is 5.73 Å². The van der Waals surface area contributed by atoms with Gasteiger partial charge >= 0.3 is 18.0 Å². The van der Waals surface area contributed by atoms with Crippen LogP contribution in [-0.2, 0) is 12.5 Å². The number of fused-ring (bicyclic) bond motifs is 1. The summed E-state index contributed by atoms with van der Waals surface area (Å²) in [6.45, 7) is -0.241. The lowest BCUT2D eigenvalue weighted by Gasteiger charge is -2.26. The van der Waals surface area contributed by atoms with Crippen LogP contribution in [0, 0.1) is 0 Å². The summed E-state index contributed by atoms with van der Waals surface area (Å²) in [5.74, 6) is -13.9. The molecular weight excluding hydrogens is 311 g/mol. The summed E-state index contributed by atoms with van der Waals surface area (Å²) in [5.41, 5.74) is 4.76. The minimum atomic E-state index is -6.46. The number of rotatable bonds is 3. The third-order valence-corrected chi connectivity index (χ3v) is 2.56. The van der Waals surface area contributed by atoms with E-state index in [9.17, 15) is 30.7 Å². The molecule has 12 heteroatoms. The summed E-state index contributed by atoms with van der Waals surface area (Å²) >= 11 is 0. The topological polar surface area (TPSA) is 69.1 Å². The fourth-order valence-corrected chi connectivity index (χ4v) is 1.45. The van der Waals surface area contributed by atoms with Crippen molar-refractivity contribution in [1.82, 2.24) is 19.8 Å². The van der Waals surface area contributed by atoms with Gasteiger partial charge in [0.15, 0.2) is 5.65 Å². The maximum atomic E-state index is 13.6. The molecule has 0 spiro atoms. The van der Waals surface area contributed by atoms with E-state index in [0.717, 1.165) is 6.07 Å². The Bertz CT molecular complexity index is 662. The third-order valence-electron chi connectivity index (χ3n) is 2.56. The van der Waals surface area contributed by atoms with Crippen molar-refractivity contribution in [3.63, 3.8) is 0 Å². The Morgan fingerprint density at radius 3 is 2.14 bits per heavy atom. The number of halogens is 7. The van der Waals surface area contributed by atoms with Gasteiger partial charge in [-0.25, -0.2) is 0 Å². The molecule has 0 aliphatic rings. The summed E-state index contributed by atoms with van der Waals surface area (Å²) in [7, 11) is 0. The fourth-order valence-electron chi connectivity index (χ4n) is 1.45. The summed E-state index contributed by atoms with van der Waals surface area (Å²) < 4.78 is 89.6. The van der Waals surface area contributed by atoms with Crippen molar-refractivity contribution in [3.8, 4) is 0 Å². The van der Waals surface area contributed by atoms with Crippen LogP contribution in [0.25, 0.3) is 5.65 Å². The summed E-state index contributed by atoms with van der Waals surface area (Å²) in [6.07, 6.45) is -6.46. The fraction of sp³-hybridized carbons (Fsp3) is 0.444. The Kier molecular flexibility index (Phi) is 3.31. The molecule has 2 N–H and O–H groups in total. The zero-order chi connectivity index (χ0) is 16.1. The van der Waals surface area contributed by atoms with Crippen LogP contribution in [-0.4, -0.2) is 31.9 Å². The molecule has 2 heterocycles. The second-order valence-corrected chi connectivity index (χ2v) is 3.97. The van der Waals surface area contributed by atoms with Gasteiger partial charge in [0.05, 0.1) is 5.69 Å². The first kappa shape index (κ1) is 15.4. The van der Waals surface area contributed by atoms with Gasteiger partial charge in [0.2, 0.25) is 5.82 Å². The van der Waals surface area contributed by atoms with Crippen LogP contribution < -0.4 is 5.73 Å². The maximum absolute atomic E-state index is 13.6. The van der Waals surface area contributed by atoms with E-state index in [4.69, 9.17) is 5.73 Å². The summed E-state index contributed by atoms with van der Waals surface area (Å²) in [6, 6.07) is 2.31. The smallest absolute Gasteiger partial charge is 0.325 e. The number of hydrogen-bond donors (Lipinski definition) is 1. The lowest BCUT2D eigenvalue weighted by atomic mass is 10.1. The van der Waals surface area contributed by atoms with E-state index in [0.29, 0.717) is 0 Å². The Morgan fingerprint density at radius 1 is 1.00 bits per heavy atom. The van der Waals surface area contributed by atoms with Crippen molar-refractivity contribution in [3.05, 3.63) is 23.7 Å². The van der Waals surface area contributed by atoms with Gasteiger partial charge in [-0.15, -0.1) is 10.2 Å². The van der Waals surface area contributed by atoms with Crippen LogP contribution in [0.4, 0.5) is 30.7 Å². The number of nitrogens with two attached hydrogens (primary N) is 1. The molecule has 21 heavy (non-hydrogen) atoms. The van der Waals surface area contributed by atoms with E-state index in [1.807, 2.05) is 0 Å². The molecule has 0 fully saturated rings. The van der Waals surface area contributed by atoms with Gasteiger partial charge in [-0.2, -0.15) is 40.3 Å². The van der Waals surface area contributed by atoms with E-state index >= 15 is 0 Å². The normalized spacial score (nSPS) is 13.9. The molecule has 2 rings (SSSR count). The predicted octanol–water partition coefficient (Wildman–Crippen LogP) is 1.87. The maximum Gasteiger partial charge on any atom is 0.460 e. The molecule has 0 unspecified atom stereocenters. The first-order chi connectivity index (χ1) is 9.52. The van der Waals surface area contributed by atoms with Crippen molar-refractivity contribution in [2.45, 2.75) is 24.6 Å². The standard InChI is InChI=1S/C9H6F7N5/c10-7(11,8(12,13)9(14,15)16)6-19-18-5-2-1-4(3-17)20-21(5)6/h1-2H,3,17H2. The minimum absolute atomic E-state index is 0.0188.